The summed E-state index contributed by atoms with van der Waals surface area (Å²) in [5.74, 6) is 1.80. The fraction of sp³-hybridized carbons (Fsp3) is 0.643. The minimum atomic E-state index is 0.902. The van der Waals surface area contributed by atoms with Gasteiger partial charge in [-0.2, -0.15) is 0 Å². The van der Waals surface area contributed by atoms with Crippen molar-refractivity contribution in [3.05, 3.63) is 29.6 Å². The van der Waals surface area contributed by atoms with Gasteiger partial charge in [0.1, 0.15) is 0 Å². The van der Waals surface area contributed by atoms with Crippen molar-refractivity contribution < 1.29 is 0 Å². The standard InChI is InChI=1S/C7H15N.C7H9N/c2*1-6-3-7(2)5-8-4-6/h6-8H,3-5H2,1-2H3;3-5H,1-2H3. The van der Waals surface area contributed by atoms with Crippen molar-refractivity contribution in [1.82, 2.24) is 10.3 Å². The molecule has 1 fully saturated rings. The molecule has 0 radical (unpaired) electrons. The summed E-state index contributed by atoms with van der Waals surface area (Å²) in [5.41, 5.74) is 2.45. The number of nitrogens with one attached hydrogen (secondary N) is 1. The molecule has 2 nitrogen and oxygen atoms in total. The van der Waals surface area contributed by atoms with Crippen LogP contribution in [0.25, 0.3) is 0 Å². The Morgan fingerprint density at radius 2 is 1.56 bits per heavy atom. The van der Waals surface area contributed by atoms with E-state index in [-0.39, 0.29) is 0 Å². The Hall–Kier alpha value is -0.890. The van der Waals surface area contributed by atoms with Crippen LogP contribution in [-0.4, -0.2) is 18.1 Å². The molecule has 90 valence electrons. The first-order valence-corrected chi connectivity index (χ1v) is 6.17. The fourth-order valence-corrected chi connectivity index (χ4v) is 2.14. The van der Waals surface area contributed by atoms with Crippen molar-refractivity contribution in [3.63, 3.8) is 0 Å². The van der Waals surface area contributed by atoms with Gasteiger partial charge in [-0.1, -0.05) is 19.9 Å². The highest BCUT2D eigenvalue weighted by Gasteiger charge is 2.12. The summed E-state index contributed by atoms with van der Waals surface area (Å²) in [6, 6.07) is 2.10. The number of rotatable bonds is 0. The van der Waals surface area contributed by atoms with E-state index in [1.165, 1.54) is 30.6 Å². The Kier molecular flexibility index (Phi) is 5.47. The third-order valence-electron chi connectivity index (χ3n) is 2.80. The summed E-state index contributed by atoms with van der Waals surface area (Å²) < 4.78 is 0. The molecule has 0 saturated carbocycles. The van der Waals surface area contributed by atoms with Crippen LogP contribution in [0.5, 0.6) is 0 Å². The Morgan fingerprint density at radius 1 is 1.06 bits per heavy atom. The first kappa shape index (κ1) is 13.2. The molecule has 1 saturated heterocycles. The minimum absolute atomic E-state index is 0.902. The Balaban J connectivity index is 0.000000160. The Labute approximate surface area is 99.5 Å². The lowest BCUT2D eigenvalue weighted by Crippen LogP contribution is -2.33. The van der Waals surface area contributed by atoms with Crippen LogP contribution in [0.4, 0.5) is 0 Å². The average molecular weight is 220 g/mol. The van der Waals surface area contributed by atoms with Gasteiger partial charge in [-0.3, -0.25) is 4.98 Å². The summed E-state index contributed by atoms with van der Waals surface area (Å²) in [6.45, 7) is 11.2. The van der Waals surface area contributed by atoms with Gasteiger partial charge in [0.2, 0.25) is 0 Å². The van der Waals surface area contributed by atoms with Gasteiger partial charge in [-0.05, 0) is 56.3 Å². The molecule has 1 aromatic rings. The van der Waals surface area contributed by atoms with Crippen molar-refractivity contribution in [2.45, 2.75) is 34.1 Å². The molecule has 2 heteroatoms. The van der Waals surface area contributed by atoms with Crippen LogP contribution < -0.4 is 5.32 Å². The normalized spacial score (nSPS) is 24.5. The molecule has 1 aliphatic heterocycles. The van der Waals surface area contributed by atoms with Gasteiger partial charge < -0.3 is 5.32 Å². The van der Waals surface area contributed by atoms with E-state index in [0.717, 1.165) is 11.8 Å². The van der Waals surface area contributed by atoms with Gasteiger partial charge in [-0.15, -0.1) is 0 Å². The molecule has 2 heterocycles. The van der Waals surface area contributed by atoms with E-state index in [1.807, 2.05) is 26.2 Å². The monoisotopic (exact) mass is 220 g/mol. The van der Waals surface area contributed by atoms with Crippen LogP contribution >= 0.6 is 0 Å². The zero-order chi connectivity index (χ0) is 12.0. The maximum absolute atomic E-state index is 3.98. The summed E-state index contributed by atoms with van der Waals surface area (Å²) in [7, 11) is 0. The second-order valence-corrected chi connectivity index (χ2v) is 5.14. The van der Waals surface area contributed by atoms with E-state index in [1.54, 1.807) is 0 Å². The highest BCUT2D eigenvalue weighted by Crippen LogP contribution is 2.13. The van der Waals surface area contributed by atoms with Gasteiger partial charge in [0.15, 0.2) is 0 Å². The maximum Gasteiger partial charge on any atom is 0.0297 e. The summed E-state index contributed by atoms with van der Waals surface area (Å²) in [6.07, 6.45) is 5.12. The molecule has 16 heavy (non-hydrogen) atoms. The maximum atomic E-state index is 3.98. The van der Waals surface area contributed by atoms with Crippen molar-refractivity contribution in [1.29, 1.82) is 0 Å². The SMILES string of the molecule is CC1CNCC(C)C1.Cc1cncc(C)c1. The summed E-state index contributed by atoms with van der Waals surface area (Å²) >= 11 is 0. The highest BCUT2D eigenvalue weighted by molar-refractivity contribution is 5.14. The van der Waals surface area contributed by atoms with E-state index in [4.69, 9.17) is 0 Å². The third-order valence-corrected chi connectivity index (χ3v) is 2.80. The number of piperidine rings is 1. The van der Waals surface area contributed by atoms with E-state index in [0.29, 0.717) is 0 Å². The van der Waals surface area contributed by atoms with Crippen molar-refractivity contribution in [2.24, 2.45) is 11.8 Å². The predicted octanol–water partition coefficient (Wildman–Crippen LogP) is 2.95. The first-order chi connectivity index (χ1) is 7.58. The van der Waals surface area contributed by atoms with E-state index in [2.05, 4.69) is 30.2 Å². The van der Waals surface area contributed by atoms with Crippen LogP contribution in [0.2, 0.25) is 0 Å². The van der Waals surface area contributed by atoms with Crippen LogP contribution in [0.1, 0.15) is 31.4 Å². The van der Waals surface area contributed by atoms with Gasteiger partial charge in [-0.25, -0.2) is 0 Å². The van der Waals surface area contributed by atoms with Crippen LogP contribution in [0.15, 0.2) is 18.5 Å². The molecule has 0 aliphatic carbocycles. The Morgan fingerprint density at radius 3 is 1.81 bits per heavy atom. The van der Waals surface area contributed by atoms with Crippen molar-refractivity contribution in [2.75, 3.05) is 13.1 Å². The molecule has 1 N–H and O–H groups in total. The molecule has 2 unspecified atom stereocenters. The topological polar surface area (TPSA) is 24.9 Å². The van der Waals surface area contributed by atoms with Gasteiger partial charge in [0.25, 0.3) is 0 Å². The number of hydrogen-bond donors (Lipinski definition) is 1. The zero-order valence-corrected chi connectivity index (χ0v) is 11.0. The van der Waals surface area contributed by atoms with E-state index >= 15 is 0 Å². The number of pyridine rings is 1. The number of aryl methyl sites for hydroxylation is 2. The van der Waals surface area contributed by atoms with Crippen molar-refractivity contribution >= 4 is 0 Å². The molecule has 2 atom stereocenters. The molecule has 0 amide bonds. The third kappa shape index (κ3) is 5.26. The molecule has 0 aromatic carbocycles. The van der Waals surface area contributed by atoms with Gasteiger partial charge in [0.05, 0.1) is 0 Å². The van der Waals surface area contributed by atoms with Gasteiger partial charge in [0, 0.05) is 12.4 Å². The second-order valence-electron chi connectivity index (χ2n) is 5.14. The number of nitrogens with zero attached hydrogens (tertiary/aromatic N) is 1. The fourth-order valence-electron chi connectivity index (χ4n) is 2.14. The number of aromatic nitrogens is 1. The molecule has 1 aliphatic rings. The van der Waals surface area contributed by atoms with Crippen molar-refractivity contribution in [3.8, 4) is 0 Å². The quantitative estimate of drug-likeness (QED) is 0.727. The molecule has 0 bridgehead atoms. The molecule has 1 aromatic heterocycles. The molecule has 2 rings (SSSR count). The van der Waals surface area contributed by atoms with E-state index < -0.39 is 0 Å². The minimum Gasteiger partial charge on any atom is -0.316 e. The number of hydrogen-bond acceptors (Lipinski definition) is 2. The second kappa shape index (κ2) is 6.64. The highest BCUT2D eigenvalue weighted by atomic mass is 14.9. The smallest absolute Gasteiger partial charge is 0.0297 e. The Bertz CT molecular complexity index is 284. The lowest BCUT2D eigenvalue weighted by Gasteiger charge is -2.24. The van der Waals surface area contributed by atoms with Gasteiger partial charge >= 0.3 is 0 Å². The predicted molar refractivity (Wildman–Crippen MR) is 69.5 cm³/mol. The lowest BCUT2D eigenvalue weighted by molar-refractivity contribution is 0.321. The largest absolute Gasteiger partial charge is 0.316 e. The molecule has 0 spiro atoms. The lowest BCUT2D eigenvalue weighted by atomic mass is 9.94. The van der Waals surface area contributed by atoms with Crippen LogP contribution in [0, 0.1) is 25.7 Å². The van der Waals surface area contributed by atoms with Crippen LogP contribution in [-0.2, 0) is 0 Å². The average Bonchev–Trinajstić information content (AvgIpc) is 2.17. The molecular formula is C14H24N2. The summed E-state index contributed by atoms with van der Waals surface area (Å²) in [5, 5.41) is 3.38. The first-order valence-electron chi connectivity index (χ1n) is 6.17. The van der Waals surface area contributed by atoms with E-state index in [9.17, 15) is 0 Å². The molecular weight excluding hydrogens is 196 g/mol. The summed E-state index contributed by atoms with van der Waals surface area (Å²) in [4.78, 5) is 3.98. The van der Waals surface area contributed by atoms with Crippen LogP contribution in [0.3, 0.4) is 0 Å². The zero-order valence-electron chi connectivity index (χ0n) is 11.0.